The molecule has 3 rings (SSSR count). The smallest absolute Gasteiger partial charge is 0.209 e. The lowest BCUT2D eigenvalue weighted by molar-refractivity contribution is 0.200. The number of sulfonamides is 1. The first-order valence-corrected chi connectivity index (χ1v) is 11.3. The number of rotatable bonds is 6. The molecule has 1 heterocycles. The van der Waals surface area contributed by atoms with Gasteiger partial charge in [-0.1, -0.05) is 30.3 Å². The highest BCUT2D eigenvalue weighted by Crippen LogP contribution is 2.29. The fourth-order valence-corrected chi connectivity index (χ4v) is 4.62. The summed E-state index contributed by atoms with van der Waals surface area (Å²) in [4.78, 5) is 2.31. The molecule has 7 heteroatoms. The molecular weight excluding hydrogens is 382 g/mol. The SMILES string of the molecule is C[C@@H](NS(C)(=O)=O)c1cccc(CN2CCCC(c3ccc(F)c(F)c3)C2)c1. The minimum absolute atomic E-state index is 0.179. The van der Waals surface area contributed by atoms with Crippen LogP contribution in [-0.2, 0) is 16.6 Å². The Balaban J connectivity index is 1.68. The van der Waals surface area contributed by atoms with Gasteiger partial charge in [0.2, 0.25) is 10.0 Å². The number of likely N-dealkylation sites (tertiary alicyclic amines) is 1. The molecule has 0 spiro atoms. The first-order chi connectivity index (χ1) is 13.2. The number of hydrogen-bond acceptors (Lipinski definition) is 3. The molecule has 0 amide bonds. The van der Waals surface area contributed by atoms with Crippen LogP contribution in [-0.4, -0.2) is 32.7 Å². The molecule has 0 radical (unpaired) electrons. The van der Waals surface area contributed by atoms with Gasteiger partial charge in [-0.15, -0.1) is 0 Å². The van der Waals surface area contributed by atoms with E-state index in [0.717, 1.165) is 55.4 Å². The third kappa shape index (κ3) is 5.59. The molecule has 28 heavy (non-hydrogen) atoms. The number of nitrogens with zero attached hydrogens (tertiary/aromatic N) is 1. The molecule has 1 saturated heterocycles. The largest absolute Gasteiger partial charge is 0.298 e. The standard InChI is InChI=1S/C21H26F2N2O2S/c1-15(24-28(2,26)27)17-6-3-5-16(11-17)13-25-10-4-7-19(14-25)18-8-9-20(22)21(23)12-18/h3,5-6,8-9,11-12,15,19,24H,4,7,10,13-14H2,1-2H3/t15-,19?/m1/s1. The van der Waals surface area contributed by atoms with Gasteiger partial charge in [0.05, 0.1) is 6.26 Å². The Morgan fingerprint density at radius 1 is 1.18 bits per heavy atom. The maximum Gasteiger partial charge on any atom is 0.209 e. The Hall–Kier alpha value is -1.83. The summed E-state index contributed by atoms with van der Waals surface area (Å²) in [5.74, 6) is -1.43. The quantitative estimate of drug-likeness (QED) is 0.787. The normalized spacial score (nSPS) is 19.5. The van der Waals surface area contributed by atoms with Crippen molar-refractivity contribution in [3.05, 3.63) is 70.8 Å². The van der Waals surface area contributed by atoms with Crippen molar-refractivity contribution in [2.24, 2.45) is 0 Å². The van der Waals surface area contributed by atoms with Crippen molar-refractivity contribution >= 4 is 10.0 Å². The van der Waals surface area contributed by atoms with Crippen LogP contribution in [0.1, 0.15) is 48.4 Å². The van der Waals surface area contributed by atoms with Crippen LogP contribution in [0.5, 0.6) is 0 Å². The maximum absolute atomic E-state index is 13.6. The predicted molar refractivity (Wildman–Crippen MR) is 106 cm³/mol. The average molecular weight is 409 g/mol. The molecule has 0 saturated carbocycles. The Kier molecular flexibility index (Phi) is 6.47. The molecule has 2 atom stereocenters. The van der Waals surface area contributed by atoms with Gasteiger partial charge < -0.3 is 0 Å². The number of piperidine rings is 1. The van der Waals surface area contributed by atoms with E-state index in [0.29, 0.717) is 0 Å². The second kappa shape index (κ2) is 8.68. The Morgan fingerprint density at radius 3 is 2.68 bits per heavy atom. The van der Waals surface area contributed by atoms with Crippen LogP contribution < -0.4 is 4.72 Å². The summed E-state index contributed by atoms with van der Waals surface area (Å²) in [6.45, 7) is 4.29. The van der Waals surface area contributed by atoms with E-state index >= 15 is 0 Å². The summed E-state index contributed by atoms with van der Waals surface area (Å²) in [6.07, 6.45) is 3.10. The zero-order valence-corrected chi connectivity index (χ0v) is 17.0. The summed E-state index contributed by atoms with van der Waals surface area (Å²) in [7, 11) is -3.27. The fraction of sp³-hybridized carbons (Fsp3) is 0.429. The molecular formula is C21H26F2N2O2S. The van der Waals surface area contributed by atoms with E-state index in [4.69, 9.17) is 0 Å². The van der Waals surface area contributed by atoms with Crippen molar-refractivity contribution in [3.63, 3.8) is 0 Å². The van der Waals surface area contributed by atoms with E-state index in [1.54, 1.807) is 6.07 Å². The van der Waals surface area contributed by atoms with Crippen LogP contribution in [0, 0.1) is 11.6 Å². The van der Waals surface area contributed by atoms with Crippen LogP contribution in [0.15, 0.2) is 42.5 Å². The highest BCUT2D eigenvalue weighted by molar-refractivity contribution is 7.88. The Morgan fingerprint density at radius 2 is 1.96 bits per heavy atom. The number of hydrogen-bond donors (Lipinski definition) is 1. The maximum atomic E-state index is 13.6. The van der Waals surface area contributed by atoms with Gasteiger partial charge in [-0.05, 0) is 61.1 Å². The topological polar surface area (TPSA) is 49.4 Å². The van der Waals surface area contributed by atoms with Crippen LogP contribution >= 0.6 is 0 Å². The first kappa shape index (κ1) is 20.9. The van der Waals surface area contributed by atoms with Crippen molar-refractivity contribution in [1.82, 2.24) is 9.62 Å². The molecule has 2 aromatic rings. The first-order valence-electron chi connectivity index (χ1n) is 9.45. The van der Waals surface area contributed by atoms with Crippen molar-refractivity contribution in [2.45, 2.75) is 38.3 Å². The van der Waals surface area contributed by atoms with E-state index < -0.39 is 21.7 Å². The molecule has 4 nitrogen and oxygen atoms in total. The zero-order valence-electron chi connectivity index (χ0n) is 16.2. The highest BCUT2D eigenvalue weighted by atomic mass is 32.2. The van der Waals surface area contributed by atoms with E-state index in [1.807, 2.05) is 31.2 Å². The Labute approximate surface area is 165 Å². The molecule has 1 N–H and O–H groups in total. The molecule has 2 aromatic carbocycles. The molecule has 1 unspecified atom stereocenters. The minimum Gasteiger partial charge on any atom is -0.298 e. The van der Waals surface area contributed by atoms with E-state index in [1.165, 1.54) is 12.1 Å². The zero-order chi connectivity index (χ0) is 20.3. The number of halogens is 2. The van der Waals surface area contributed by atoms with Crippen molar-refractivity contribution < 1.29 is 17.2 Å². The molecule has 1 aliphatic rings. The van der Waals surface area contributed by atoms with Crippen LogP contribution in [0.2, 0.25) is 0 Å². The monoisotopic (exact) mass is 408 g/mol. The van der Waals surface area contributed by atoms with Crippen molar-refractivity contribution in [3.8, 4) is 0 Å². The molecule has 1 fully saturated rings. The van der Waals surface area contributed by atoms with Gasteiger partial charge in [0.15, 0.2) is 11.6 Å². The molecule has 0 aromatic heterocycles. The van der Waals surface area contributed by atoms with Gasteiger partial charge >= 0.3 is 0 Å². The lowest BCUT2D eigenvalue weighted by atomic mass is 9.90. The van der Waals surface area contributed by atoms with E-state index in [9.17, 15) is 17.2 Å². The van der Waals surface area contributed by atoms with Crippen molar-refractivity contribution in [1.29, 1.82) is 0 Å². The third-order valence-corrected chi connectivity index (χ3v) is 5.95. The van der Waals surface area contributed by atoms with Gasteiger partial charge in [0.25, 0.3) is 0 Å². The van der Waals surface area contributed by atoms with Crippen LogP contribution in [0.4, 0.5) is 8.78 Å². The molecule has 1 aliphatic heterocycles. The van der Waals surface area contributed by atoms with E-state index in [-0.39, 0.29) is 12.0 Å². The summed E-state index contributed by atoms with van der Waals surface area (Å²) in [6, 6.07) is 11.8. The van der Waals surface area contributed by atoms with Gasteiger partial charge in [-0.3, -0.25) is 4.90 Å². The van der Waals surface area contributed by atoms with Crippen molar-refractivity contribution in [2.75, 3.05) is 19.3 Å². The molecule has 0 bridgehead atoms. The predicted octanol–water partition coefficient (Wildman–Crippen LogP) is 3.95. The second-order valence-corrected chi connectivity index (χ2v) is 9.38. The van der Waals surface area contributed by atoms with Crippen LogP contribution in [0.25, 0.3) is 0 Å². The third-order valence-electron chi connectivity index (χ3n) is 5.17. The van der Waals surface area contributed by atoms with Gasteiger partial charge in [0, 0.05) is 19.1 Å². The number of nitrogens with one attached hydrogen (secondary N) is 1. The molecule has 0 aliphatic carbocycles. The van der Waals surface area contributed by atoms with Crippen LogP contribution in [0.3, 0.4) is 0 Å². The second-order valence-electron chi connectivity index (χ2n) is 7.60. The highest BCUT2D eigenvalue weighted by Gasteiger charge is 2.22. The summed E-state index contributed by atoms with van der Waals surface area (Å²) in [5, 5.41) is 0. The lowest BCUT2D eigenvalue weighted by Crippen LogP contribution is -2.34. The summed E-state index contributed by atoms with van der Waals surface area (Å²) >= 11 is 0. The lowest BCUT2D eigenvalue weighted by Gasteiger charge is -2.33. The van der Waals surface area contributed by atoms with Gasteiger partial charge in [-0.2, -0.15) is 0 Å². The Bertz CT molecular complexity index is 934. The number of benzene rings is 2. The summed E-state index contributed by atoms with van der Waals surface area (Å²) < 4.78 is 52.3. The van der Waals surface area contributed by atoms with E-state index in [2.05, 4.69) is 9.62 Å². The minimum atomic E-state index is -3.27. The summed E-state index contributed by atoms with van der Waals surface area (Å²) in [5.41, 5.74) is 2.85. The van der Waals surface area contributed by atoms with Gasteiger partial charge in [0.1, 0.15) is 0 Å². The molecule has 152 valence electrons. The fourth-order valence-electron chi connectivity index (χ4n) is 3.85. The van der Waals surface area contributed by atoms with Gasteiger partial charge in [-0.25, -0.2) is 21.9 Å². The average Bonchev–Trinajstić information content (AvgIpc) is 2.63.